The van der Waals surface area contributed by atoms with E-state index in [1.807, 2.05) is 19.1 Å². The van der Waals surface area contributed by atoms with Gasteiger partial charge >= 0.3 is 0 Å². The number of guanidine groups is 1. The quantitative estimate of drug-likeness (QED) is 0.422. The molecule has 1 aromatic carbocycles. The summed E-state index contributed by atoms with van der Waals surface area (Å²) in [6, 6.07) is 7.30. The van der Waals surface area contributed by atoms with Crippen LogP contribution in [0.15, 0.2) is 45.2 Å². The molecule has 2 amide bonds. The fourth-order valence-electron chi connectivity index (χ4n) is 1.49. The molecule has 0 atom stereocenters. The summed E-state index contributed by atoms with van der Waals surface area (Å²) < 4.78 is 0. The van der Waals surface area contributed by atoms with Gasteiger partial charge in [-0.2, -0.15) is 9.98 Å². The van der Waals surface area contributed by atoms with Crippen LogP contribution in [-0.4, -0.2) is 22.9 Å². The first kappa shape index (κ1) is 14.8. The summed E-state index contributed by atoms with van der Waals surface area (Å²) in [5, 5.41) is 2.77. The zero-order chi connectivity index (χ0) is 15.4. The molecule has 0 saturated heterocycles. The van der Waals surface area contributed by atoms with Gasteiger partial charge in [0.25, 0.3) is 5.91 Å². The molecule has 5 N–H and O–H groups in total. The third-order valence-electron chi connectivity index (χ3n) is 2.42. The number of aliphatic imine (C=N–C) groups is 2. The minimum absolute atomic E-state index is 0.120. The topological polar surface area (TPSA) is 123 Å². The molecule has 0 radical (unpaired) electrons. The summed E-state index contributed by atoms with van der Waals surface area (Å²) >= 11 is 0.942. The van der Waals surface area contributed by atoms with Gasteiger partial charge in [-0.05, 0) is 30.8 Å². The Bertz CT molecular complexity index is 672. The number of nitrogens with two attached hydrogens (primary N) is 2. The zero-order valence-corrected chi connectivity index (χ0v) is 12.0. The Hall–Kier alpha value is -2.61. The van der Waals surface area contributed by atoms with E-state index in [4.69, 9.17) is 11.5 Å². The number of hydrogen-bond donors (Lipinski definition) is 3. The van der Waals surface area contributed by atoms with E-state index in [0.29, 0.717) is 5.69 Å². The van der Waals surface area contributed by atoms with Gasteiger partial charge in [0.05, 0.1) is 4.91 Å². The standard InChI is InChI=1S/C13H13N5O2S/c1-7-2-4-8(5-3-7)16-10(19)6-9-11(20)17-13(21-9)18-12(14)15/h2-6H,1H3,(H,16,19)(H4,14,15,17,18,20)/b9-6+. The van der Waals surface area contributed by atoms with Crippen LogP contribution in [0, 0.1) is 6.92 Å². The van der Waals surface area contributed by atoms with Gasteiger partial charge in [-0.15, -0.1) is 0 Å². The lowest BCUT2D eigenvalue weighted by Gasteiger charge is -2.02. The number of aryl methyl sites for hydroxylation is 1. The number of nitrogens with one attached hydrogen (secondary N) is 1. The number of thioether (sulfide) groups is 1. The van der Waals surface area contributed by atoms with Crippen molar-refractivity contribution in [3.05, 3.63) is 40.8 Å². The van der Waals surface area contributed by atoms with Crippen molar-refractivity contribution in [3.63, 3.8) is 0 Å². The van der Waals surface area contributed by atoms with E-state index >= 15 is 0 Å². The van der Waals surface area contributed by atoms with Gasteiger partial charge in [0.1, 0.15) is 0 Å². The molecule has 1 aliphatic heterocycles. The highest BCUT2D eigenvalue weighted by molar-refractivity contribution is 8.18. The Morgan fingerprint density at radius 2 is 2.00 bits per heavy atom. The molecule has 1 aliphatic rings. The van der Waals surface area contributed by atoms with Crippen LogP contribution >= 0.6 is 11.8 Å². The van der Waals surface area contributed by atoms with Gasteiger partial charge in [0.2, 0.25) is 5.91 Å². The van der Waals surface area contributed by atoms with Gasteiger partial charge in [-0.3, -0.25) is 9.59 Å². The molecular weight excluding hydrogens is 290 g/mol. The second-order valence-corrected chi connectivity index (χ2v) is 5.21. The van der Waals surface area contributed by atoms with Crippen LogP contribution in [0.5, 0.6) is 0 Å². The summed E-state index contributed by atoms with van der Waals surface area (Å²) in [4.78, 5) is 30.9. The lowest BCUT2D eigenvalue weighted by molar-refractivity contribution is -0.115. The molecule has 1 aromatic rings. The van der Waals surface area contributed by atoms with Crippen LogP contribution < -0.4 is 16.8 Å². The summed E-state index contributed by atoms with van der Waals surface area (Å²) in [6.45, 7) is 1.95. The molecule has 0 aliphatic carbocycles. The van der Waals surface area contributed by atoms with Crippen molar-refractivity contribution in [1.29, 1.82) is 0 Å². The Labute approximate surface area is 125 Å². The minimum Gasteiger partial charge on any atom is -0.370 e. The van der Waals surface area contributed by atoms with Crippen molar-refractivity contribution in [2.24, 2.45) is 21.5 Å². The van der Waals surface area contributed by atoms with Crippen LogP contribution in [-0.2, 0) is 9.59 Å². The molecule has 108 valence electrons. The first-order valence-electron chi connectivity index (χ1n) is 5.94. The molecule has 8 heteroatoms. The summed E-state index contributed by atoms with van der Waals surface area (Å²) in [5.74, 6) is -1.16. The third kappa shape index (κ3) is 4.18. The highest BCUT2D eigenvalue weighted by atomic mass is 32.2. The normalized spacial score (nSPS) is 15.8. The van der Waals surface area contributed by atoms with E-state index in [2.05, 4.69) is 15.3 Å². The molecule has 0 fully saturated rings. The van der Waals surface area contributed by atoms with Crippen molar-refractivity contribution >= 4 is 40.4 Å². The van der Waals surface area contributed by atoms with Gasteiger partial charge in [0.15, 0.2) is 11.1 Å². The molecule has 0 spiro atoms. The summed E-state index contributed by atoms with van der Waals surface area (Å²) in [5.41, 5.74) is 12.1. The van der Waals surface area contributed by atoms with Crippen molar-refractivity contribution in [3.8, 4) is 0 Å². The van der Waals surface area contributed by atoms with E-state index < -0.39 is 11.8 Å². The molecule has 21 heavy (non-hydrogen) atoms. The van der Waals surface area contributed by atoms with E-state index in [1.165, 1.54) is 6.08 Å². The number of benzene rings is 1. The van der Waals surface area contributed by atoms with Crippen molar-refractivity contribution in [1.82, 2.24) is 0 Å². The van der Waals surface area contributed by atoms with E-state index in [1.54, 1.807) is 12.1 Å². The maximum absolute atomic E-state index is 11.8. The number of carbonyl (C=O) groups is 2. The van der Waals surface area contributed by atoms with Gasteiger partial charge in [-0.1, -0.05) is 17.7 Å². The number of rotatable bonds is 2. The Morgan fingerprint density at radius 3 is 2.62 bits per heavy atom. The first-order chi connectivity index (χ1) is 9.94. The maximum atomic E-state index is 11.8. The maximum Gasteiger partial charge on any atom is 0.286 e. The third-order valence-corrected chi connectivity index (χ3v) is 3.29. The van der Waals surface area contributed by atoms with Gasteiger partial charge < -0.3 is 16.8 Å². The Morgan fingerprint density at radius 1 is 1.33 bits per heavy atom. The number of nitrogens with zero attached hydrogens (tertiary/aromatic N) is 2. The molecule has 7 nitrogen and oxygen atoms in total. The molecule has 2 rings (SSSR count). The predicted octanol–water partition coefficient (Wildman–Crippen LogP) is 0.720. The number of hydrogen-bond acceptors (Lipinski definition) is 4. The lowest BCUT2D eigenvalue weighted by Crippen LogP contribution is -2.23. The van der Waals surface area contributed by atoms with Crippen molar-refractivity contribution in [2.45, 2.75) is 6.92 Å². The van der Waals surface area contributed by atoms with Crippen LogP contribution in [0.3, 0.4) is 0 Å². The monoisotopic (exact) mass is 303 g/mol. The van der Waals surface area contributed by atoms with Crippen LogP contribution in [0.1, 0.15) is 5.56 Å². The van der Waals surface area contributed by atoms with Gasteiger partial charge in [0, 0.05) is 11.8 Å². The van der Waals surface area contributed by atoms with E-state index in [0.717, 1.165) is 17.3 Å². The summed E-state index contributed by atoms with van der Waals surface area (Å²) in [6.07, 6.45) is 1.17. The molecule has 0 bridgehead atoms. The van der Waals surface area contributed by atoms with Crippen molar-refractivity contribution < 1.29 is 9.59 Å². The largest absolute Gasteiger partial charge is 0.370 e. The zero-order valence-electron chi connectivity index (χ0n) is 11.2. The van der Waals surface area contributed by atoms with Gasteiger partial charge in [-0.25, -0.2) is 0 Å². The highest BCUT2D eigenvalue weighted by Crippen LogP contribution is 2.26. The average molecular weight is 303 g/mol. The van der Waals surface area contributed by atoms with Crippen LogP contribution in [0.25, 0.3) is 0 Å². The lowest BCUT2D eigenvalue weighted by atomic mass is 10.2. The second-order valence-electron chi connectivity index (χ2n) is 4.20. The molecule has 1 heterocycles. The number of amides is 2. The molecule has 0 aromatic heterocycles. The smallest absolute Gasteiger partial charge is 0.286 e. The number of amidine groups is 1. The fourth-order valence-corrected chi connectivity index (χ4v) is 2.27. The second kappa shape index (κ2) is 6.23. The fraction of sp³-hybridized carbons (Fsp3) is 0.0769. The molecule has 0 saturated carbocycles. The average Bonchev–Trinajstić information content (AvgIpc) is 2.71. The number of anilines is 1. The molecule has 0 unspecified atom stereocenters. The van der Waals surface area contributed by atoms with E-state index in [-0.39, 0.29) is 16.0 Å². The van der Waals surface area contributed by atoms with Crippen LogP contribution in [0.2, 0.25) is 0 Å². The number of carbonyl (C=O) groups excluding carboxylic acids is 2. The Balaban J connectivity index is 2.04. The predicted molar refractivity (Wildman–Crippen MR) is 83.7 cm³/mol. The first-order valence-corrected chi connectivity index (χ1v) is 6.75. The highest BCUT2D eigenvalue weighted by Gasteiger charge is 2.22. The minimum atomic E-state index is -0.543. The van der Waals surface area contributed by atoms with Crippen molar-refractivity contribution in [2.75, 3.05) is 5.32 Å². The molecular formula is C13H13N5O2S. The van der Waals surface area contributed by atoms with E-state index in [9.17, 15) is 9.59 Å². The SMILES string of the molecule is Cc1ccc(NC(=O)/C=C2/SC(N=C(N)N)=NC2=O)cc1. The van der Waals surface area contributed by atoms with Crippen LogP contribution in [0.4, 0.5) is 5.69 Å². The summed E-state index contributed by atoms with van der Waals surface area (Å²) in [7, 11) is 0. The Kier molecular flexibility index (Phi) is 4.39.